The van der Waals surface area contributed by atoms with Crippen molar-refractivity contribution in [2.75, 3.05) is 5.32 Å². The summed E-state index contributed by atoms with van der Waals surface area (Å²) in [6.45, 7) is 8.70. The van der Waals surface area contributed by atoms with E-state index in [2.05, 4.69) is 47.3 Å². The monoisotopic (exact) mass is 288 g/mol. The molecular weight excluding hydrogens is 268 g/mol. The number of hydrogen-bond acceptors (Lipinski definition) is 3. The number of guanidine groups is 1. The molecule has 3 N–H and O–H groups in total. The molecule has 0 spiro atoms. The van der Waals surface area contributed by atoms with Gasteiger partial charge in [0, 0.05) is 10.6 Å². The Bertz CT molecular complexity index is 623. The van der Waals surface area contributed by atoms with Crippen molar-refractivity contribution in [2.45, 2.75) is 34.2 Å². The van der Waals surface area contributed by atoms with E-state index >= 15 is 0 Å². The molecule has 5 heteroatoms. The van der Waals surface area contributed by atoms with Crippen molar-refractivity contribution in [3.05, 3.63) is 44.9 Å². The predicted molar refractivity (Wildman–Crippen MR) is 86.5 cm³/mol. The maximum absolute atomic E-state index is 5.93. The molecule has 106 valence electrons. The van der Waals surface area contributed by atoms with Gasteiger partial charge in [0.2, 0.25) is 0 Å². The van der Waals surface area contributed by atoms with Crippen LogP contribution in [-0.4, -0.2) is 10.9 Å². The molecular formula is C15H20N4S. The van der Waals surface area contributed by atoms with Gasteiger partial charge in [-0.05, 0) is 51.0 Å². The number of benzene rings is 1. The Morgan fingerprint density at radius 3 is 2.40 bits per heavy atom. The lowest BCUT2D eigenvalue weighted by Crippen LogP contribution is -2.22. The second-order valence-electron chi connectivity index (χ2n) is 4.94. The Labute approximate surface area is 123 Å². The van der Waals surface area contributed by atoms with Crippen LogP contribution >= 0.6 is 11.3 Å². The largest absolute Gasteiger partial charge is 0.370 e. The van der Waals surface area contributed by atoms with E-state index in [1.165, 1.54) is 11.1 Å². The van der Waals surface area contributed by atoms with Gasteiger partial charge in [-0.1, -0.05) is 6.07 Å². The van der Waals surface area contributed by atoms with Crippen molar-refractivity contribution in [2.24, 2.45) is 10.7 Å². The molecule has 0 aliphatic heterocycles. The Kier molecular flexibility index (Phi) is 4.39. The molecule has 2 rings (SSSR count). The van der Waals surface area contributed by atoms with Crippen LogP contribution in [0.3, 0.4) is 0 Å². The lowest BCUT2D eigenvalue weighted by Gasteiger charge is -2.07. The highest BCUT2D eigenvalue weighted by Crippen LogP contribution is 2.18. The first kappa shape index (κ1) is 14.5. The minimum Gasteiger partial charge on any atom is -0.370 e. The van der Waals surface area contributed by atoms with Crippen LogP contribution in [-0.2, 0) is 6.54 Å². The van der Waals surface area contributed by atoms with Crippen molar-refractivity contribution >= 4 is 23.0 Å². The highest BCUT2D eigenvalue weighted by molar-refractivity contribution is 7.11. The fourth-order valence-electron chi connectivity index (χ4n) is 2.11. The van der Waals surface area contributed by atoms with E-state index in [1.54, 1.807) is 11.3 Å². The third kappa shape index (κ3) is 3.81. The Morgan fingerprint density at radius 1 is 1.20 bits per heavy atom. The smallest absolute Gasteiger partial charge is 0.193 e. The summed E-state index contributed by atoms with van der Waals surface area (Å²) in [5.41, 5.74) is 10.4. The molecule has 0 bridgehead atoms. The number of aryl methyl sites for hydroxylation is 4. The third-order valence-corrected chi connectivity index (χ3v) is 3.94. The van der Waals surface area contributed by atoms with Crippen molar-refractivity contribution in [3.63, 3.8) is 0 Å². The van der Waals surface area contributed by atoms with Crippen LogP contribution in [0, 0.1) is 27.7 Å². The predicted octanol–water partition coefficient (Wildman–Crippen LogP) is 3.30. The van der Waals surface area contributed by atoms with Crippen LogP contribution in [0.15, 0.2) is 23.2 Å². The quantitative estimate of drug-likeness (QED) is 0.673. The molecule has 2 aromatic rings. The first-order valence-electron chi connectivity index (χ1n) is 6.52. The maximum Gasteiger partial charge on any atom is 0.193 e. The fraction of sp³-hybridized carbons (Fsp3) is 0.333. The summed E-state index contributed by atoms with van der Waals surface area (Å²) in [6.07, 6.45) is 0. The summed E-state index contributed by atoms with van der Waals surface area (Å²) in [7, 11) is 0. The Hall–Kier alpha value is -1.88. The average Bonchev–Trinajstić information content (AvgIpc) is 2.64. The van der Waals surface area contributed by atoms with Crippen molar-refractivity contribution in [1.29, 1.82) is 0 Å². The number of nitrogens with one attached hydrogen (secondary N) is 1. The molecule has 4 nitrogen and oxygen atoms in total. The third-order valence-electron chi connectivity index (χ3n) is 2.89. The van der Waals surface area contributed by atoms with Gasteiger partial charge in [0.05, 0.1) is 17.2 Å². The lowest BCUT2D eigenvalue weighted by molar-refractivity contribution is 1.05. The second-order valence-corrected chi connectivity index (χ2v) is 6.23. The number of aromatic nitrogens is 1. The van der Waals surface area contributed by atoms with E-state index < -0.39 is 0 Å². The highest BCUT2D eigenvalue weighted by atomic mass is 32.1. The minimum absolute atomic E-state index is 0.431. The number of nitrogens with zero attached hydrogens (tertiary/aromatic N) is 2. The van der Waals surface area contributed by atoms with Gasteiger partial charge in [-0.2, -0.15) is 0 Å². The average molecular weight is 288 g/mol. The van der Waals surface area contributed by atoms with Crippen molar-refractivity contribution in [3.8, 4) is 0 Å². The standard InChI is InChI=1S/C15H20N4S/c1-9-5-10(2)7-13(6-9)19-15(16)17-8-14-11(3)18-12(4)20-14/h5-7H,8H2,1-4H3,(H3,16,17,19). The molecule has 0 fully saturated rings. The molecule has 0 saturated heterocycles. The van der Waals surface area contributed by atoms with Gasteiger partial charge in [0.25, 0.3) is 0 Å². The number of aliphatic imine (C=N–C) groups is 1. The molecule has 20 heavy (non-hydrogen) atoms. The van der Waals surface area contributed by atoms with Crippen LogP contribution in [0.4, 0.5) is 5.69 Å². The summed E-state index contributed by atoms with van der Waals surface area (Å²) in [5.74, 6) is 0.431. The summed E-state index contributed by atoms with van der Waals surface area (Å²) < 4.78 is 0. The van der Waals surface area contributed by atoms with E-state index in [1.807, 2.05) is 13.8 Å². The van der Waals surface area contributed by atoms with Crippen LogP contribution in [0.5, 0.6) is 0 Å². The van der Waals surface area contributed by atoms with E-state index in [4.69, 9.17) is 5.73 Å². The van der Waals surface area contributed by atoms with Gasteiger partial charge in [-0.3, -0.25) is 0 Å². The molecule has 0 unspecified atom stereocenters. The van der Waals surface area contributed by atoms with Gasteiger partial charge >= 0.3 is 0 Å². The van der Waals surface area contributed by atoms with E-state index in [0.717, 1.165) is 21.3 Å². The molecule has 0 radical (unpaired) electrons. The Morgan fingerprint density at radius 2 is 1.85 bits per heavy atom. The minimum atomic E-state index is 0.431. The van der Waals surface area contributed by atoms with Gasteiger partial charge in [0.1, 0.15) is 0 Å². The van der Waals surface area contributed by atoms with Gasteiger partial charge in [0.15, 0.2) is 5.96 Å². The van der Waals surface area contributed by atoms with E-state index in [0.29, 0.717) is 12.5 Å². The van der Waals surface area contributed by atoms with Crippen LogP contribution < -0.4 is 11.1 Å². The first-order valence-corrected chi connectivity index (χ1v) is 7.34. The van der Waals surface area contributed by atoms with Crippen molar-refractivity contribution in [1.82, 2.24) is 4.98 Å². The summed E-state index contributed by atoms with van der Waals surface area (Å²) >= 11 is 1.67. The second kappa shape index (κ2) is 6.05. The molecule has 1 heterocycles. The zero-order valence-electron chi connectivity index (χ0n) is 12.3. The van der Waals surface area contributed by atoms with Crippen LogP contribution in [0.1, 0.15) is 26.7 Å². The van der Waals surface area contributed by atoms with E-state index in [-0.39, 0.29) is 0 Å². The molecule has 0 aliphatic rings. The topological polar surface area (TPSA) is 63.3 Å². The fourth-order valence-corrected chi connectivity index (χ4v) is 2.97. The number of nitrogens with two attached hydrogens (primary N) is 1. The normalized spacial score (nSPS) is 11.7. The first-order chi connectivity index (χ1) is 9.44. The molecule has 1 aromatic carbocycles. The molecule has 1 aromatic heterocycles. The number of hydrogen-bond donors (Lipinski definition) is 2. The van der Waals surface area contributed by atoms with Crippen LogP contribution in [0.25, 0.3) is 0 Å². The lowest BCUT2D eigenvalue weighted by atomic mass is 10.1. The van der Waals surface area contributed by atoms with Crippen molar-refractivity contribution < 1.29 is 0 Å². The van der Waals surface area contributed by atoms with Gasteiger partial charge in [-0.25, -0.2) is 9.98 Å². The molecule has 0 aliphatic carbocycles. The highest BCUT2D eigenvalue weighted by Gasteiger charge is 2.04. The van der Waals surface area contributed by atoms with Gasteiger partial charge < -0.3 is 11.1 Å². The zero-order chi connectivity index (χ0) is 14.7. The Balaban J connectivity index is 2.05. The summed E-state index contributed by atoms with van der Waals surface area (Å²) in [6, 6.07) is 6.23. The number of anilines is 1. The maximum atomic E-state index is 5.93. The molecule has 0 atom stereocenters. The van der Waals surface area contributed by atoms with Crippen LogP contribution in [0.2, 0.25) is 0 Å². The summed E-state index contributed by atoms with van der Waals surface area (Å²) in [4.78, 5) is 9.92. The SMILES string of the molecule is Cc1cc(C)cc(NC(N)=NCc2sc(C)nc2C)c1. The summed E-state index contributed by atoms with van der Waals surface area (Å²) in [5, 5.41) is 4.20. The molecule has 0 amide bonds. The van der Waals surface area contributed by atoms with Gasteiger partial charge in [-0.15, -0.1) is 11.3 Å². The molecule has 0 saturated carbocycles. The zero-order valence-corrected chi connectivity index (χ0v) is 13.1. The van der Waals surface area contributed by atoms with E-state index in [9.17, 15) is 0 Å². The number of thiazole rings is 1. The number of rotatable bonds is 3.